The van der Waals surface area contributed by atoms with Crippen molar-refractivity contribution in [2.75, 3.05) is 5.32 Å². The van der Waals surface area contributed by atoms with Crippen molar-refractivity contribution in [1.29, 1.82) is 0 Å². The van der Waals surface area contributed by atoms with Crippen LogP contribution in [0.2, 0.25) is 0 Å². The van der Waals surface area contributed by atoms with Crippen LogP contribution in [-0.4, -0.2) is 16.0 Å². The molecule has 0 aliphatic heterocycles. The van der Waals surface area contributed by atoms with E-state index in [1.54, 1.807) is 6.92 Å². The van der Waals surface area contributed by atoms with Crippen LogP contribution >= 0.6 is 0 Å². The molecule has 1 aromatic heterocycles. The maximum absolute atomic E-state index is 11.5. The third kappa shape index (κ3) is 5.35. The lowest BCUT2D eigenvalue weighted by Gasteiger charge is -2.12. The standard InChI is InChI=1S/C12H18N2O2.C6H8/c1-5-6-10(15)14-12-8(3)7(2)11(16)9(4)13-12;1-2-4-6-5-3-1/h16H,5-6H2,1-4H3,(H,13,14,15);1-4H,5-6H2. The molecule has 120 valence electrons. The molecule has 0 spiro atoms. The van der Waals surface area contributed by atoms with Gasteiger partial charge in [0.2, 0.25) is 5.91 Å². The van der Waals surface area contributed by atoms with Gasteiger partial charge in [0.15, 0.2) is 0 Å². The van der Waals surface area contributed by atoms with Gasteiger partial charge in [0.25, 0.3) is 0 Å². The number of hydrogen-bond donors (Lipinski definition) is 2. The molecule has 0 saturated heterocycles. The Morgan fingerprint density at radius 2 is 1.77 bits per heavy atom. The largest absolute Gasteiger partial charge is 0.506 e. The Morgan fingerprint density at radius 3 is 2.23 bits per heavy atom. The van der Waals surface area contributed by atoms with Gasteiger partial charge >= 0.3 is 0 Å². The predicted molar refractivity (Wildman–Crippen MR) is 91.2 cm³/mol. The number of allylic oxidation sites excluding steroid dienone is 4. The van der Waals surface area contributed by atoms with Crippen molar-refractivity contribution >= 4 is 11.7 Å². The van der Waals surface area contributed by atoms with Gasteiger partial charge < -0.3 is 10.4 Å². The van der Waals surface area contributed by atoms with E-state index in [1.807, 2.05) is 20.8 Å². The van der Waals surface area contributed by atoms with E-state index in [9.17, 15) is 9.90 Å². The minimum atomic E-state index is -0.0393. The maximum Gasteiger partial charge on any atom is 0.225 e. The Bertz CT molecular complexity index is 563. The molecule has 0 aromatic carbocycles. The first-order chi connectivity index (χ1) is 10.5. The number of carbonyl (C=O) groups is 1. The highest BCUT2D eigenvalue weighted by Crippen LogP contribution is 2.27. The lowest BCUT2D eigenvalue weighted by atomic mass is 10.1. The summed E-state index contributed by atoms with van der Waals surface area (Å²) < 4.78 is 0. The smallest absolute Gasteiger partial charge is 0.225 e. The van der Waals surface area contributed by atoms with Gasteiger partial charge in [-0.15, -0.1) is 0 Å². The Morgan fingerprint density at radius 1 is 1.18 bits per heavy atom. The van der Waals surface area contributed by atoms with Gasteiger partial charge in [-0.1, -0.05) is 31.2 Å². The summed E-state index contributed by atoms with van der Waals surface area (Å²) in [6.45, 7) is 7.32. The van der Waals surface area contributed by atoms with Gasteiger partial charge in [-0.3, -0.25) is 4.79 Å². The molecule has 0 saturated carbocycles. The number of carbonyl (C=O) groups excluding carboxylic acids is 1. The van der Waals surface area contributed by atoms with Gasteiger partial charge in [0.1, 0.15) is 11.6 Å². The van der Waals surface area contributed by atoms with E-state index in [4.69, 9.17) is 0 Å². The second-order valence-electron chi connectivity index (χ2n) is 5.38. The van der Waals surface area contributed by atoms with Crippen molar-refractivity contribution < 1.29 is 9.90 Å². The summed E-state index contributed by atoms with van der Waals surface area (Å²) in [5.41, 5.74) is 2.11. The third-order valence-electron chi connectivity index (χ3n) is 3.51. The number of aryl methyl sites for hydroxylation is 1. The molecule has 1 aromatic rings. The quantitative estimate of drug-likeness (QED) is 0.873. The molecular formula is C18H26N2O2. The van der Waals surface area contributed by atoms with Gasteiger partial charge in [-0.2, -0.15) is 0 Å². The van der Waals surface area contributed by atoms with Crippen LogP contribution in [0.15, 0.2) is 24.3 Å². The van der Waals surface area contributed by atoms with Crippen molar-refractivity contribution in [1.82, 2.24) is 4.98 Å². The lowest BCUT2D eigenvalue weighted by Crippen LogP contribution is -2.14. The molecule has 2 rings (SSSR count). The summed E-state index contributed by atoms with van der Waals surface area (Å²) in [7, 11) is 0. The van der Waals surface area contributed by atoms with Crippen LogP contribution in [0.25, 0.3) is 0 Å². The molecule has 2 N–H and O–H groups in total. The molecule has 1 heterocycles. The zero-order valence-electron chi connectivity index (χ0n) is 13.9. The van der Waals surface area contributed by atoms with Gasteiger partial charge in [-0.25, -0.2) is 4.98 Å². The molecule has 1 amide bonds. The first kappa shape index (κ1) is 18.0. The fourth-order valence-corrected chi connectivity index (χ4v) is 2.02. The number of anilines is 1. The Kier molecular flexibility index (Phi) is 7.37. The summed E-state index contributed by atoms with van der Waals surface area (Å²) >= 11 is 0. The maximum atomic E-state index is 11.5. The summed E-state index contributed by atoms with van der Waals surface area (Å²) in [6.07, 6.45) is 12.3. The van der Waals surface area contributed by atoms with E-state index in [-0.39, 0.29) is 11.7 Å². The van der Waals surface area contributed by atoms with Gasteiger partial charge in [0.05, 0.1) is 5.69 Å². The van der Waals surface area contributed by atoms with Crippen molar-refractivity contribution in [2.24, 2.45) is 0 Å². The molecule has 4 nitrogen and oxygen atoms in total. The average Bonchev–Trinajstić information content (AvgIpc) is 2.53. The van der Waals surface area contributed by atoms with Crippen molar-refractivity contribution in [3.05, 3.63) is 41.1 Å². The Balaban J connectivity index is 0.000000335. The number of pyridine rings is 1. The number of aromatic hydroxyl groups is 1. The number of aromatic nitrogens is 1. The second kappa shape index (κ2) is 9.03. The summed E-state index contributed by atoms with van der Waals surface area (Å²) in [5, 5.41) is 12.4. The second-order valence-corrected chi connectivity index (χ2v) is 5.38. The van der Waals surface area contributed by atoms with Crippen molar-refractivity contribution in [2.45, 2.75) is 53.4 Å². The fourth-order valence-electron chi connectivity index (χ4n) is 2.02. The molecular weight excluding hydrogens is 276 g/mol. The van der Waals surface area contributed by atoms with E-state index in [2.05, 4.69) is 34.6 Å². The van der Waals surface area contributed by atoms with Crippen LogP contribution in [0.1, 0.15) is 49.4 Å². The van der Waals surface area contributed by atoms with E-state index in [0.29, 0.717) is 17.9 Å². The SMILES string of the molecule is C1=CCCC=C1.CCCC(=O)Nc1nc(C)c(O)c(C)c1C. The highest BCUT2D eigenvalue weighted by molar-refractivity contribution is 5.90. The fraction of sp³-hybridized carbons (Fsp3) is 0.444. The monoisotopic (exact) mass is 302 g/mol. The first-order valence-corrected chi connectivity index (χ1v) is 7.75. The summed E-state index contributed by atoms with van der Waals surface area (Å²) in [6, 6.07) is 0. The van der Waals surface area contributed by atoms with Gasteiger partial charge in [0, 0.05) is 6.42 Å². The molecule has 0 atom stereocenters. The minimum absolute atomic E-state index is 0.0393. The van der Waals surface area contributed by atoms with Crippen LogP contribution in [0.5, 0.6) is 5.75 Å². The van der Waals surface area contributed by atoms with E-state index in [1.165, 1.54) is 12.8 Å². The summed E-state index contributed by atoms with van der Waals surface area (Å²) in [4.78, 5) is 15.6. The molecule has 4 heteroatoms. The van der Waals surface area contributed by atoms with E-state index in [0.717, 1.165) is 17.5 Å². The number of nitrogens with one attached hydrogen (secondary N) is 1. The minimum Gasteiger partial charge on any atom is -0.506 e. The Hall–Kier alpha value is -2.10. The highest BCUT2D eigenvalue weighted by Gasteiger charge is 2.12. The van der Waals surface area contributed by atoms with Crippen LogP contribution in [0.4, 0.5) is 5.82 Å². The molecule has 1 aliphatic rings. The molecule has 0 unspecified atom stereocenters. The third-order valence-corrected chi connectivity index (χ3v) is 3.51. The first-order valence-electron chi connectivity index (χ1n) is 7.75. The molecule has 22 heavy (non-hydrogen) atoms. The lowest BCUT2D eigenvalue weighted by molar-refractivity contribution is -0.116. The summed E-state index contributed by atoms with van der Waals surface area (Å²) in [5.74, 6) is 0.708. The molecule has 0 radical (unpaired) electrons. The number of hydrogen-bond acceptors (Lipinski definition) is 3. The highest BCUT2D eigenvalue weighted by atomic mass is 16.3. The van der Waals surface area contributed by atoms with E-state index >= 15 is 0 Å². The van der Waals surface area contributed by atoms with Crippen molar-refractivity contribution in [3.63, 3.8) is 0 Å². The number of amides is 1. The number of nitrogens with zero attached hydrogens (tertiary/aromatic N) is 1. The van der Waals surface area contributed by atoms with Crippen LogP contribution < -0.4 is 5.32 Å². The topological polar surface area (TPSA) is 62.2 Å². The molecule has 1 aliphatic carbocycles. The van der Waals surface area contributed by atoms with Crippen LogP contribution in [0.3, 0.4) is 0 Å². The van der Waals surface area contributed by atoms with Crippen LogP contribution in [-0.2, 0) is 4.79 Å². The van der Waals surface area contributed by atoms with E-state index < -0.39 is 0 Å². The average molecular weight is 302 g/mol. The molecule has 0 fully saturated rings. The van der Waals surface area contributed by atoms with Crippen LogP contribution in [0, 0.1) is 20.8 Å². The molecule has 0 bridgehead atoms. The number of rotatable bonds is 3. The van der Waals surface area contributed by atoms with Crippen molar-refractivity contribution in [3.8, 4) is 5.75 Å². The van der Waals surface area contributed by atoms with Gasteiger partial charge in [-0.05, 0) is 51.2 Å². The normalized spacial score (nSPS) is 12.5. The zero-order valence-corrected chi connectivity index (χ0v) is 13.9. The Labute approximate surface area is 133 Å². The zero-order chi connectivity index (χ0) is 16.5. The predicted octanol–water partition coefficient (Wildman–Crippen LogP) is 4.34.